The second-order valence-electron chi connectivity index (χ2n) is 4.99. The second-order valence-corrected chi connectivity index (χ2v) is 4.99. The summed E-state index contributed by atoms with van der Waals surface area (Å²) < 4.78 is 5.79. The van der Waals surface area contributed by atoms with E-state index in [-0.39, 0.29) is 30.1 Å². The molecule has 1 heterocycles. The number of nitrogens with zero attached hydrogens (tertiary/aromatic N) is 2. The number of amides is 1. The van der Waals surface area contributed by atoms with E-state index in [1.807, 2.05) is 4.90 Å². The fourth-order valence-corrected chi connectivity index (χ4v) is 2.34. The third-order valence-corrected chi connectivity index (χ3v) is 3.50. The van der Waals surface area contributed by atoms with Gasteiger partial charge in [-0.15, -0.1) is 12.4 Å². The van der Waals surface area contributed by atoms with Crippen LogP contribution in [0.4, 0.5) is 5.69 Å². The first-order valence-corrected chi connectivity index (χ1v) is 6.99. The summed E-state index contributed by atoms with van der Waals surface area (Å²) in [5.41, 5.74) is 5.42. The van der Waals surface area contributed by atoms with E-state index in [9.17, 15) is 14.9 Å². The summed E-state index contributed by atoms with van der Waals surface area (Å²) in [4.78, 5) is 23.6. The molecule has 2 rings (SSSR count). The Bertz CT molecular complexity index is 501. The Morgan fingerprint density at radius 2 is 1.91 bits per heavy atom. The normalized spacial score (nSPS) is 15.0. The lowest BCUT2D eigenvalue weighted by Crippen LogP contribution is -2.42. The van der Waals surface area contributed by atoms with Gasteiger partial charge in [0.15, 0.2) is 0 Å². The Kier molecular flexibility index (Phi) is 7.07. The molecule has 8 heteroatoms. The molecule has 0 aliphatic carbocycles. The van der Waals surface area contributed by atoms with E-state index in [1.165, 1.54) is 12.1 Å². The van der Waals surface area contributed by atoms with Crippen LogP contribution in [0.1, 0.15) is 19.3 Å². The van der Waals surface area contributed by atoms with Crippen LogP contribution in [0.5, 0.6) is 5.75 Å². The van der Waals surface area contributed by atoms with Gasteiger partial charge in [0.25, 0.3) is 5.69 Å². The van der Waals surface area contributed by atoms with Gasteiger partial charge in [-0.1, -0.05) is 0 Å². The van der Waals surface area contributed by atoms with Crippen molar-refractivity contribution >= 4 is 24.0 Å². The number of hydrogen-bond donors (Lipinski definition) is 1. The molecule has 1 aliphatic heterocycles. The van der Waals surface area contributed by atoms with Crippen LogP contribution < -0.4 is 10.5 Å². The lowest BCUT2D eigenvalue weighted by Gasteiger charge is -2.32. The molecule has 0 saturated carbocycles. The first-order chi connectivity index (χ1) is 10.1. The average molecular weight is 330 g/mol. The van der Waals surface area contributed by atoms with Crippen LogP contribution in [0.15, 0.2) is 24.3 Å². The number of carbonyl (C=O) groups excluding carboxylic acids is 1. The molecule has 1 aliphatic rings. The van der Waals surface area contributed by atoms with Gasteiger partial charge in [-0.3, -0.25) is 14.9 Å². The Morgan fingerprint density at radius 1 is 1.32 bits per heavy atom. The van der Waals surface area contributed by atoms with E-state index in [0.717, 1.165) is 12.8 Å². The van der Waals surface area contributed by atoms with Crippen molar-refractivity contribution < 1.29 is 14.5 Å². The zero-order chi connectivity index (χ0) is 15.2. The van der Waals surface area contributed by atoms with Crippen molar-refractivity contribution in [2.75, 3.05) is 19.6 Å². The molecule has 22 heavy (non-hydrogen) atoms. The molecule has 0 radical (unpaired) electrons. The van der Waals surface area contributed by atoms with E-state index in [0.29, 0.717) is 31.8 Å². The van der Waals surface area contributed by atoms with E-state index in [1.54, 1.807) is 12.1 Å². The molecule has 0 aromatic heterocycles. The van der Waals surface area contributed by atoms with Crippen LogP contribution >= 0.6 is 12.4 Å². The number of nitro benzene ring substituents is 1. The number of halogens is 1. The highest BCUT2D eigenvalue weighted by Crippen LogP contribution is 2.22. The molecule has 122 valence electrons. The quantitative estimate of drug-likeness (QED) is 0.655. The van der Waals surface area contributed by atoms with Gasteiger partial charge in [-0.05, 0) is 12.1 Å². The molecule has 1 aromatic rings. The average Bonchev–Trinajstić information content (AvgIpc) is 2.49. The number of benzene rings is 1. The predicted molar refractivity (Wildman–Crippen MR) is 84.2 cm³/mol. The standard InChI is InChI=1S/C14H19N3O4.ClH/c15-8-5-14(18)16-9-6-13(7-10-16)21-12-3-1-11(2-4-12)17(19)20;/h1-4,13H,5-10,15H2;1H. The van der Waals surface area contributed by atoms with Gasteiger partial charge in [-0.2, -0.15) is 0 Å². The largest absolute Gasteiger partial charge is 0.490 e. The van der Waals surface area contributed by atoms with E-state index in [2.05, 4.69) is 0 Å². The molecule has 0 bridgehead atoms. The summed E-state index contributed by atoms with van der Waals surface area (Å²) in [5.74, 6) is 0.707. The molecule has 7 nitrogen and oxygen atoms in total. The van der Waals surface area contributed by atoms with Gasteiger partial charge in [0, 0.05) is 51.0 Å². The van der Waals surface area contributed by atoms with Gasteiger partial charge in [0.05, 0.1) is 4.92 Å². The number of rotatable bonds is 5. The van der Waals surface area contributed by atoms with Crippen LogP contribution in [0.2, 0.25) is 0 Å². The van der Waals surface area contributed by atoms with Gasteiger partial charge < -0.3 is 15.4 Å². The van der Waals surface area contributed by atoms with E-state index < -0.39 is 4.92 Å². The maximum absolute atomic E-state index is 11.7. The molecule has 1 amide bonds. The van der Waals surface area contributed by atoms with Gasteiger partial charge in [0.1, 0.15) is 11.9 Å². The van der Waals surface area contributed by atoms with Crippen molar-refractivity contribution in [2.45, 2.75) is 25.4 Å². The zero-order valence-corrected chi connectivity index (χ0v) is 13.0. The minimum absolute atomic E-state index is 0. The lowest BCUT2D eigenvalue weighted by molar-refractivity contribution is -0.384. The number of non-ortho nitro benzene ring substituents is 1. The van der Waals surface area contributed by atoms with Crippen LogP contribution in [-0.2, 0) is 4.79 Å². The Balaban J connectivity index is 0.00000242. The number of piperidine rings is 1. The minimum atomic E-state index is -0.439. The number of hydrogen-bond acceptors (Lipinski definition) is 5. The molecule has 1 fully saturated rings. The molecule has 0 atom stereocenters. The second kappa shape index (κ2) is 8.55. The number of likely N-dealkylation sites (tertiary alicyclic amines) is 1. The highest BCUT2D eigenvalue weighted by atomic mass is 35.5. The van der Waals surface area contributed by atoms with Crippen molar-refractivity contribution in [1.82, 2.24) is 4.90 Å². The number of nitrogens with two attached hydrogens (primary N) is 1. The molecular formula is C14H20ClN3O4. The Hall–Kier alpha value is -1.86. The van der Waals surface area contributed by atoms with Crippen molar-refractivity contribution in [3.8, 4) is 5.75 Å². The highest BCUT2D eigenvalue weighted by Gasteiger charge is 2.23. The van der Waals surface area contributed by atoms with Crippen molar-refractivity contribution in [1.29, 1.82) is 0 Å². The minimum Gasteiger partial charge on any atom is -0.490 e. The Morgan fingerprint density at radius 3 is 2.41 bits per heavy atom. The summed E-state index contributed by atoms with van der Waals surface area (Å²) in [6.07, 6.45) is 1.93. The smallest absolute Gasteiger partial charge is 0.269 e. The SMILES string of the molecule is Cl.NCCC(=O)N1CCC(Oc2ccc([N+](=O)[O-])cc2)CC1. The molecular weight excluding hydrogens is 310 g/mol. The van der Waals surface area contributed by atoms with Crippen LogP contribution in [0.3, 0.4) is 0 Å². The molecule has 2 N–H and O–H groups in total. The summed E-state index contributed by atoms with van der Waals surface area (Å²) in [7, 11) is 0. The van der Waals surface area contributed by atoms with Crippen LogP contribution in [0.25, 0.3) is 0 Å². The van der Waals surface area contributed by atoms with E-state index >= 15 is 0 Å². The van der Waals surface area contributed by atoms with E-state index in [4.69, 9.17) is 10.5 Å². The third kappa shape index (κ3) is 4.85. The summed E-state index contributed by atoms with van der Waals surface area (Å²) in [6.45, 7) is 1.70. The van der Waals surface area contributed by atoms with Crippen molar-refractivity contribution in [2.24, 2.45) is 5.73 Å². The first kappa shape index (κ1) is 18.2. The number of ether oxygens (including phenoxy) is 1. The molecule has 0 unspecified atom stereocenters. The van der Waals surface area contributed by atoms with Crippen molar-refractivity contribution in [3.05, 3.63) is 34.4 Å². The zero-order valence-electron chi connectivity index (χ0n) is 12.1. The summed E-state index contributed by atoms with van der Waals surface area (Å²) in [5, 5.41) is 10.6. The third-order valence-electron chi connectivity index (χ3n) is 3.50. The van der Waals surface area contributed by atoms with Crippen molar-refractivity contribution in [3.63, 3.8) is 0 Å². The fraction of sp³-hybridized carbons (Fsp3) is 0.500. The summed E-state index contributed by atoms with van der Waals surface area (Å²) in [6, 6.07) is 6.05. The monoisotopic (exact) mass is 329 g/mol. The first-order valence-electron chi connectivity index (χ1n) is 6.99. The predicted octanol–water partition coefficient (Wildman–Crippen LogP) is 1.74. The number of nitro groups is 1. The fourth-order valence-electron chi connectivity index (χ4n) is 2.34. The van der Waals surface area contributed by atoms with Gasteiger partial charge in [0.2, 0.25) is 5.91 Å². The van der Waals surface area contributed by atoms with Crippen LogP contribution in [-0.4, -0.2) is 41.5 Å². The summed E-state index contributed by atoms with van der Waals surface area (Å²) >= 11 is 0. The molecule has 1 saturated heterocycles. The van der Waals surface area contributed by atoms with Gasteiger partial charge in [-0.25, -0.2) is 0 Å². The number of carbonyl (C=O) groups is 1. The molecule has 1 aromatic carbocycles. The maximum Gasteiger partial charge on any atom is 0.269 e. The molecule has 0 spiro atoms. The lowest BCUT2D eigenvalue weighted by atomic mass is 10.1. The van der Waals surface area contributed by atoms with Gasteiger partial charge >= 0.3 is 0 Å². The Labute approximate surface area is 135 Å². The highest BCUT2D eigenvalue weighted by molar-refractivity contribution is 5.85. The topological polar surface area (TPSA) is 98.7 Å². The maximum atomic E-state index is 11.7. The van der Waals surface area contributed by atoms with Crippen LogP contribution in [0, 0.1) is 10.1 Å².